The molecule has 31 heavy (non-hydrogen) atoms. The van der Waals surface area contributed by atoms with Crippen LogP contribution in [0.4, 0.5) is 0 Å². The van der Waals surface area contributed by atoms with Crippen molar-refractivity contribution >= 4 is 90.5 Å². The molecule has 8 aromatic rings. The molecule has 0 aliphatic rings. The number of fused-ring (bicyclic) bond motifs is 14. The van der Waals surface area contributed by atoms with E-state index in [1.807, 2.05) is 41.1 Å². The van der Waals surface area contributed by atoms with Crippen molar-refractivity contribution in [1.82, 2.24) is 14.4 Å². The summed E-state index contributed by atoms with van der Waals surface area (Å²) in [5, 5.41) is 7.65. The molecule has 0 saturated carbocycles. The predicted octanol–water partition coefficient (Wildman–Crippen LogP) is 7.77. The molecule has 0 aliphatic carbocycles. The molecule has 0 fully saturated rings. The van der Waals surface area contributed by atoms with Gasteiger partial charge in [-0.3, -0.25) is 9.38 Å². The lowest BCUT2D eigenvalue weighted by atomic mass is 10.0. The first kappa shape index (κ1) is 16.2. The van der Waals surface area contributed by atoms with Crippen molar-refractivity contribution in [2.45, 2.75) is 0 Å². The number of imidazole rings is 1. The van der Waals surface area contributed by atoms with Gasteiger partial charge in [0.05, 0.1) is 11.0 Å². The van der Waals surface area contributed by atoms with E-state index in [0.717, 1.165) is 22.1 Å². The summed E-state index contributed by atoms with van der Waals surface area (Å²) in [5.74, 6) is 0. The van der Waals surface area contributed by atoms with Crippen molar-refractivity contribution in [2.75, 3.05) is 0 Å². The molecule has 3 nitrogen and oxygen atoms in total. The van der Waals surface area contributed by atoms with Gasteiger partial charge >= 0.3 is 0 Å². The van der Waals surface area contributed by atoms with E-state index in [9.17, 15) is 0 Å². The van der Waals surface area contributed by atoms with Gasteiger partial charge in [-0.2, -0.15) is 0 Å². The number of benzene rings is 3. The fourth-order valence-corrected chi connectivity index (χ4v) is 7.50. The maximum absolute atomic E-state index is 4.83. The van der Waals surface area contributed by atoms with Crippen LogP contribution in [0.2, 0.25) is 0 Å². The molecular formula is C26H13N3S2. The normalized spacial score (nSPS) is 12.5. The molecule has 5 heteroatoms. The number of thiophene rings is 2. The Morgan fingerprint density at radius 3 is 2.48 bits per heavy atom. The Morgan fingerprint density at radius 1 is 0.613 bits per heavy atom. The molecule has 0 atom stereocenters. The van der Waals surface area contributed by atoms with Crippen molar-refractivity contribution in [3.63, 3.8) is 0 Å². The molecule has 8 rings (SSSR count). The maximum atomic E-state index is 4.83. The maximum Gasteiger partial charge on any atom is 0.146 e. The van der Waals surface area contributed by atoms with E-state index >= 15 is 0 Å². The molecule has 0 bridgehead atoms. The molecule has 0 amide bonds. The summed E-state index contributed by atoms with van der Waals surface area (Å²) in [6.45, 7) is 0. The third-order valence-corrected chi connectivity index (χ3v) is 8.63. The fraction of sp³-hybridized carbons (Fsp3) is 0. The number of hydrogen-bond acceptors (Lipinski definition) is 4. The average Bonchev–Trinajstić information content (AvgIpc) is 3.53. The standard InChI is InChI=1S/C26H13N3S2/c1-2-6-18-14(4-1)22-20(30-18)9-7-15-21-19(31-25(15)22)10-8-17-23(21)24-16(5-3-11-27-24)26-28-12-13-29(17)26/h1-13H. The summed E-state index contributed by atoms with van der Waals surface area (Å²) in [6.07, 6.45) is 5.81. The lowest BCUT2D eigenvalue weighted by Crippen LogP contribution is -1.92. The highest BCUT2D eigenvalue weighted by Gasteiger charge is 2.18. The van der Waals surface area contributed by atoms with Crippen molar-refractivity contribution in [3.8, 4) is 0 Å². The minimum atomic E-state index is 0.959. The molecule has 0 saturated heterocycles. The second-order valence-corrected chi connectivity index (χ2v) is 10.0. The summed E-state index contributed by atoms with van der Waals surface area (Å²) in [6, 6.07) is 21.9. The second kappa shape index (κ2) is 5.58. The minimum absolute atomic E-state index is 0.959. The number of aromatic nitrogens is 3. The third kappa shape index (κ3) is 1.93. The molecule has 5 aromatic heterocycles. The molecule has 144 valence electrons. The van der Waals surface area contributed by atoms with Crippen LogP contribution < -0.4 is 0 Å². The van der Waals surface area contributed by atoms with Crippen LogP contribution in [-0.2, 0) is 0 Å². The quantitative estimate of drug-likeness (QED) is 0.230. The van der Waals surface area contributed by atoms with E-state index in [-0.39, 0.29) is 0 Å². The summed E-state index contributed by atoms with van der Waals surface area (Å²) in [4.78, 5) is 9.45. The lowest BCUT2D eigenvalue weighted by Gasteiger charge is -2.09. The molecule has 0 unspecified atom stereocenters. The Hall–Kier alpha value is -3.54. The number of pyridine rings is 2. The first-order valence-electron chi connectivity index (χ1n) is 10.2. The highest BCUT2D eigenvalue weighted by Crippen LogP contribution is 2.47. The molecule has 0 N–H and O–H groups in total. The van der Waals surface area contributed by atoms with Crippen LogP contribution in [0, 0.1) is 0 Å². The van der Waals surface area contributed by atoms with Crippen LogP contribution in [0.5, 0.6) is 0 Å². The zero-order valence-electron chi connectivity index (χ0n) is 16.2. The van der Waals surface area contributed by atoms with Crippen LogP contribution in [0.1, 0.15) is 0 Å². The van der Waals surface area contributed by atoms with Gasteiger partial charge in [-0.15, -0.1) is 22.7 Å². The van der Waals surface area contributed by atoms with Crippen LogP contribution in [0.15, 0.2) is 79.3 Å². The highest BCUT2D eigenvalue weighted by molar-refractivity contribution is 7.29. The van der Waals surface area contributed by atoms with Gasteiger partial charge in [0.25, 0.3) is 0 Å². The zero-order valence-corrected chi connectivity index (χ0v) is 17.8. The zero-order chi connectivity index (χ0) is 20.1. The molecule has 5 heterocycles. The van der Waals surface area contributed by atoms with Gasteiger partial charge in [0.2, 0.25) is 0 Å². The third-order valence-electron chi connectivity index (χ3n) is 6.31. The molecule has 0 radical (unpaired) electrons. The summed E-state index contributed by atoms with van der Waals surface area (Å²) in [5.41, 5.74) is 3.14. The van der Waals surface area contributed by atoms with Crippen LogP contribution >= 0.6 is 22.7 Å². The molecule has 0 spiro atoms. The molecule has 3 aromatic carbocycles. The van der Waals surface area contributed by atoms with Gasteiger partial charge in [-0.1, -0.05) is 24.3 Å². The fourth-order valence-electron chi connectivity index (χ4n) is 5.05. The Morgan fingerprint density at radius 2 is 1.48 bits per heavy atom. The minimum Gasteiger partial charge on any atom is -0.299 e. The van der Waals surface area contributed by atoms with Crippen molar-refractivity contribution in [3.05, 3.63) is 79.3 Å². The van der Waals surface area contributed by atoms with Gasteiger partial charge in [0.15, 0.2) is 0 Å². The number of nitrogens with zero attached hydrogens (tertiary/aromatic N) is 3. The van der Waals surface area contributed by atoms with E-state index in [0.29, 0.717) is 0 Å². The predicted molar refractivity (Wildman–Crippen MR) is 134 cm³/mol. The van der Waals surface area contributed by atoms with Crippen LogP contribution in [0.3, 0.4) is 0 Å². The Labute approximate surface area is 183 Å². The van der Waals surface area contributed by atoms with Crippen LogP contribution in [0.25, 0.3) is 67.8 Å². The van der Waals surface area contributed by atoms with Crippen LogP contribution in [-0.4, -0.2) is 14.4 Å². The molecular weight excluding hydrogens is 418 g/mol. The van der Waals surface area contributed by atoms with E-state index in [1.165, 1.54) is 45.7 Å². The summed E-state index contributed by atoms with van der Waals surface area (Å²) >= 11 is 3.77. The number of hydrogen-bond donors (Lipinski definition) is 0. The second-order valence-electron chi connectivity index (χ2n) is 7.87. The topological polar surface area (TPSA) is 30.2 Å². The largest absolute Gasteiger partial charge is 0.299 e. The first-order valence-corrected chi connectivity index (χ1v) is 11.8. The Balaban J connectivity index is 1.71. The number of rotatable bonds is 0. The van der Waals surface area contributed by atoms with E-state index in [4.69, 9.17) is 4.98 Å². The first-order chi connectivity index (χ1) is 15.4. The van der Waals surface area contributed by atoms with Crippen molar-refractivity contribution < 1.29 is 0 Å². The van der Waals surface area contributed by atoms with E-state index in [1.54, 1.807) is 0 Å². The molecule has 0 aliphatic heterocycles. The van der Waals surface area contributed by atoms with E-state index < -0.39 is 0 Å². The summed E-state index contributed by atoms with van der Waals surface area (Å²) in [7, 11) is 0. The average molecular weight is 432 g/mol. The van der Waals surface area contributed by atoms with Gasteiger partial charge in [0, 0.05) is 69.7 Å². The monoisotopic (exact) mass is 431 g/mol. The SMILES string of the molecule is c1ccc2c(c1)sc1ccc3c(sc4ccc5c(c6ncccc6c6nccn56)c43)c12. The van der Waals surface area contributed by atoms with E-state index in [2.05, 4.69) is 70.2 Å². The van der Waals surface area contributed by atoms with Crippen molar-refractivity contribution in [2.24, 2.45) is 0 Å². The highest BCUT2D eigenvalue weighted by atomic mass is 32.1. The van der Waals surface area contributed by atoms with Gasteiger partial charge in [-0.05, 0) is 36.4 Å². The Bertz CT molecular complexity index is 2010. The smallest absolute Gasteiger partial charge is 0.146 e. The van der Waals surface area contributed by atoms with Gasteiger partial charge < -0.3 is 0 Å². The summed E-state index contributed by atoms with van der Waals surface area (Å²) < 4.78 is 7.56. The van der Waals surface area contributed by atoms with Gasteiger partial charge in [-0.25, -0.2) is 4.98 Å². The Kier molecular flexibility index (Phi) is 2.91. The van der Waals surface area contributed by atoms with Gasteiger partial charge in [0.1, 0.15) is 5.65 Å². The lowest BCUT2D eigenvalue weighted by molar-refractivity contribution is 1.27. The van der Waals surface area contributed by atoms with Crippen molar-refractivity contribution in [1.29, 1.82) is 0 Å².